The molecule has 1 amide bonds. The Morgan fingerprint density at radius 2 is 1.95 bits per heavy atom. The second-order valence-corrected chi connectivity index (χ2v) is 6.50. The van der Waals surface area contributed by atoms with Gasteiger partial charge < -0.3 is 5.32 Å². The molecule has 1 aromatic rings. The summed E-state index contributed by atoms with van der Waals surface area (Å²) < 4.78 is 14.2. The van der Waals surface area contributed by atoms with Gasteiger partial charge in [-0.05, 0) is 71.5 Å². The summed E-state index contributed by atoms with van der Waals surface area (Å²) in [6, 6.07) is 4.60. The van der Waals surface area contributed by atoms with Gasteiger partial charge >= 0.3 is 0 Å². The summed E-state index contributed by atoms with van der Waals surface area (Å²) in [7, 11) is 0. The molecule has 0 saturated heterocycles. The summed E-state index contributed by atoms with van der Waals surface area (Å²) in [5, 5.41) is 2.91. The van der Waals surface area contributed by atoms with Crippen LogP contribution in [0.4, 0.5) is 4.39 Å². The standard InChI is InChI=1S/C15H17BrFNO/c16-12-2-1-3-13(17)14(12)15(19)18-8-11(9-4-5-9)10-6-7-10/h1-3,9-11H,4-8H2,(H,18,19). The van der Waals surface area contributed by atoms with Crippen LogP contribution in [0, 0.1) is 23.6 Å². The molecule has 2 aliphatic carbocycles. The summed E-state index contributed by atoms with van der Waals surface area (Å²) in [6.45, 7) is 0.689. The molecule has 0 heterocycles. The third-order valence-corrected chi connectivity index (χ3v) is 4.80. The number of benzene rings is 1. The molecule has 3 rings (SSSR count). The summed E-state index contributed by atoms with van der Waals surface area (Å²) in [5.74, 6) is 1.40. The fraction of sp³-hybridized carbons (Fsp3) is 0.533. The third-order valence-electron chi connectivity index (χ3n) is 4.14. The summed E-state index contributed by atoms with van der Waals surface area (Å²) in [4.78, 5) is 12.1. The lowest BCUT2D eigenvalue weighted by Gasteiger charge is -2.16. The van der Waals surface area contributed by atoms with Gasteiger partial charge in [-0.1, -0.05) is 6.07 Å². The molecule has 0 aromatic heterocycles. The Bertz CT molecular complexity index is 465. The van der Waals surface area contributed by atoms with Crippen molar-refractivity contribution in [2.75, 3.05) is 6.54 Å². The van der Waals surface area contributed by atoms with Gasteiger partial charge in [0.25, 0.3) is 5.91 Å². The third kappa shape index (κ3) is 2.99. The smallest absolute Gasteiger partial charge is 0.255 e. The van der Waals surface area contributed by atoms with Crippen LogP contribution in [0.15, 0.2) is 22.7 Å². The second-order valence-electron chi connectivity index (χ2n) is 5.65. The zero-order valence-electron chi connectivity index (χ0n) is 10.7. The van der Waals surface area contributed by atoms with Gasteiger partial charge in [-0.25, -0.2) is 4.39 Å². The average molecular weight is 326 g/mol. The van der Waals surface area contributed by atoms with E-state index in [2.05, 4.69) is 21.2 Å². The summed E-state index contributed by atoms with van der Waals surface area (Å²) in [6.07, 6.45) is 5.17. The van der Waals surface area contributed by atoms with Crippen LogP contribution < -0.4 is 5.32 Å². The van der Waals surface area contributed by atoms with Crippen molar-refractivity contribution in [2.24, 2.45) is 17.8 Å². The molecule has 1 N–H and O–H groups in total. The predicted octanol–water partition coefficient (Wildman–Crippen LogP) is 3.75. The number of rotatable bonds is 5. The lowest BCUT2D eigenvalue weighted by atomic mass is 9.98. The normalized spacial score (nSPS) is 18.7. The lowest BCUT2D eigenvalue weighted by Crippen LogP contribution is -2.31. The van der Waals surface area contributed by atoms with Crippen LogP contribution in [0.3, 0.4) is 0 Å². The molecular weight excluding hydrogens is 309 g/mol. The van der Waals surface area contributed by atoms with Crippen molar-refractivity contribution < 1.29 is 9.18 Å². The quantitative estimate of drug-likeness (QED) is 0.877. The lowest BCUT2D eigenvalue weighted by molar-refractivity contribution is 0.0938. The minimum Gasteiger partial charge on any atom is -0.352 e. The molecule has 2 saturated carbocycles. The maximum atomic E-state index is 13.7. The number of hydrogen-bond donors (Lipinski definition) is 1. The molecular formula is C15H17BrFNO. The highest BCUT2D eigenvalue weighted by Gasteiger charge is 2.41. The maximum absolute atomic E-state index is 13.7. The van der Waals surface area contributed by atoms with Crippen molar-refractivity contribution in [3.8, 4) is 0 Å². The van der Waals surface area contributed by atoms with Crippen LogP contribution in [0.5, 0.6) is 0 Å². The minimum absolute atomic E-state index is 0.118. The van der Waals surface area contributed by atoms with E-state index in [0.717, 1.165) is 11.8 Å². The number of carbonyl (C=O) groups excluding carboxylic acids is 1. The first-order valence-corrected chi connectivity index (χ1v) is 7.68. The minimum atomic E-state index is -0.471. The molecule has 2 aliphatic rings. The van der Waals surface area contributed by atoms with Crippen molar-refractivity contribution >= 4 is 21.8 Å². The molecule has 0 bridgehead atoms. The van der Waals surface area contributed by atoms with Gasteiger partial charge in [0, 0.05) is 11.0 Å². The van der Waals surface area contributed by atoms with Gasteiger partial charge in [0.05, 0.1) is 5.56 Å². The Morgan fingerprint density at radius 1 is 1.32 bits per heavy atom. The number of halogens is 2. The van der Waals surface area contributed by atoms with E-state index in [0.29, 0.717) is 16.9 Å². The molecule has 0 radical (unpaired) electrons. The van der Waals surface area contributed by atoms with Crippen molar-refractivity contribution in [3.05, 3.63) is 34.1 Å². The van der Waals surface area contributed by atoms with Gasteiger partial charge in [0.1, 0.15) is 5.82 Å². The maximum Gasteiger partial charge on any atom is 0.255 e. The molecule has 0 spiro atoms. The second kappa shape index (κ2) is 5.23. The largest absolute Gasteiger partial charge is 0.352 e. The molecule has 2 fully saturated rings. The molecule has 0 atom stereocenters. The van der Waals surface area contributed by atoms with Gasteiger partial charge in [-0.15, -0.1) is 0 Å². The SMILES string of the molecule is O=C(NCC(C1CC1)C1CC1)c1c(F)cccc1Br. The van der Waals surface area contributed by atoms with Crippen molar-refractivity contribution in [1.29, 1.82) is 0 Å². The molecule has 0 aliphatic heterocycles. The molecule has 4 heteroatoms. The van der Waals surface area contributed by atoms with Gasteiger partial charge in [-0.3, -0.25) is 4.79 Å². The first-order chi connectivity index (χ1) is 9.16. The Labute approximate surface area is 120 Å². The van der Waals surface area contributed by atoms with E-state index >= 15 is 0 Å². The number of amides is 1. The first kappa shape index (κ1) is 13.1. The highest BCUT2D eigenvalue weighted by Crippen LogP contribution is 2.48. The summed E-state index contributed by atoms with van der Waals surface area (Å²) in [5.41, 5.74) is 0.118. The number of nitrogens with one attached hydrogen (secondary N) is 1. The van der Waals surface area contributed by atoms with Crippen LogP contribution in [0.1, 0.15) is 36.0 Å². The van der Waals surface area contributed by atoms with Crippen LogP contribution in [-0.4, -0.2) is 12.5 Å². The van der Waals surface area contributed by atoms with E-state index in [1.165, 1.54) is 31.7 Å². The van der Waals surface area contributed by atoms with Crippen LogP contribution in [0.2, 0.25) is 0 Å². The summed E-state index contributed by atoms with van der Waals surface area (Å²) >= 11 is 3.24. The number of carbonyl (C=O) groups is 1. The van der Waals surface area contributed by atoms with Gasteiger partial charge in [0.15, 0.2) is 0 Å². The van der Waals surface area contributed by atoms with Crippen LogP contribution in [-0.2, 0) is 0 Å². The van der Waals surface area contributed by atoms with Crippen molar-refractivity contribution in [3.63, 3.8) is 0 Å². The van der Waals surface area contributed by atoms with Gasteiger partial charge in [-0.2, -0.15) is 0 Å². The Kier molecular flexibility index (Phi) is 3.61. The Hall–Kier alpha value is -0.900. The zero-order chi connectivity index (χ0) is 13.4. The van der Waals surface area contributed by atoms with E-state index in [1.54, 1.807) is 12.1 Å². The van der Waals surface area contributed by atoms with E-state index in [-0.39, 0.29) is 11.5 Å². The Morgan fingerprint density at radius 3 is 2.47 bits per heavy atom. The van der Waals surface area contributed by atoms with Crippen LogP contribution in [0.25, 0.3) is 0 Å². The molecule has 19 heavy (non-hydrogen) atoms. The zero-order valence-corrected chi connectivity index (χ0v) is 12.2. The Balaban J connectivity index is 1.64. The molecule has 2 nitrogen and oxygen atoms in total. The fourth-order valence-corrected chi connectivity index (χ4v) is 3.30. The monoisotopic (exact) mass is 325 g/mol. The highest BCUT2D eigenvalue weighted by atomic mass is 79.9. The predicted molar refractivity (Wildman–Crippen MR) is 75.4 cm³/mol. The average Bonchev–Trinajstić information content (AvgIpc) is 3.24. The molecule has 0 unspecified atom stereocenters. The van der Waals surface area contributed by atoms with Crippen molar-refractivity contribution in [1.82, 2.24) is 5.32 Å². The topological polar surface area (TPSA) is 29.1 Å². The first-order valence-electron chi connectivity index (χ1n) is 6.89. The van der Waals surface area contributed by atoms with E-state index in [1.807, 2.05) is 0 Å². The molecule has 1 aromatic carbocycles. The van der Waals surface area contributed by atoms with E-state index in [9.17, 15) is 9.18 Å². The highest BCUT2D eigenvalue weighted by molar-refractivity contribution is 9.10. The van der Waals surface area contributed by atoms with E-state index < -0.39 is 5.82 Å². The van der Waals surface area contributed by atoms with Crippen molar-refractivity contribution in [2.45, 2.75) is 25.7 Å². The fourth-order valence-electron chi connectivity index (χ4n) is 2.78. The van der Waals surface area contributed by atoms with Gasteiger partial charge in [0.2, 0.25) is 0 Å². The van der Waals surface area contributed by atoms with E-state index in [4.69, 9.17) is 0 Å². The number of hydrogen-bond acceptors (Lipinski definition) is 1. The molecule has 102 valence electrons. The van der Waals surface area contributed by atoms with Crippen LogP contribution >= 0.6 is 15.9 Å².